The fraction of sp³-hybridized carbons (Fsp3) is 0.524. The van der Waals surface area contributed by atoms with Crippen LogP contribution in [-0.2, 0) is 9.59 Å². The molecule has 1 aliphatic rings. The van der Waals surface area contributed by atoms with Crippen LogP contribution >= 0.6 is 34.8 Å². The molecule has 0 spiro atoms. The number of hydrogen-bond acceptors (Lipinski definition) is 5. The predicted octanol–water partition coefficient (Wildman–Crippen LogP) is 4.88. The lowest BCUT2D eigenvalue weighted by Crippen LogP contribution is -2.47. The van der Waals surface area contributed by atoms with Crippen LogP contribution < -0.4 is 0 Å². The summed E-state index contributed by atoms with van der Waals surface area (Å²) in [5.41, 5.74) is 0.739. The van der Waals surface area contributed by atoms with E-state index in [-0.39, 0.29) is 18.5 Å². The molecule has 168 valence electrons. The highest BCUT2D eigenvalue weighted by Gasteiger charge is 2.34. The maximum absolute atomic E-state index is 13.1. The lowest BCUT2D eigenvalue weighted by molar-refractivity contribution is -0.142. The molecule has 1 aromatic heterocycles. The van der Waals surface area contributed by atoms with Gasteiger partial charge in [-0.2, -0.15) is 4.98 Å². The fourth-order valence-electron chi connectivity index (χ4n) is 3.61. The van der Waals surface area contributed by atoms with Gasteiger partial charge in [-0.1, -0.05) is 65.4 Å². The predicted molar refractivity (Wildman–Crippen MR) is 120 cm³/mol. The van der Waals surface area contributed by atoms with Crippen LogP contribution in [0.4, 0.5) is 0 Å². The van der Waals surface area contributed by atoms with Crippen LogP contribution in [0.5, 0.6) is 0 Å². The van der Waals surface area contributed by atoms with Crippen molar-refractivity contribution < 1.29 is 14.1 Å². The molecule has 0 N–H and O–H groups in total. The van der Waals surface area contributed by atoms with Gasteiger partial charge in [0.2, 0.25) is 17.6 Å². The van der Waals surface area contributed by atoms with Crippen molar-refractivity contribution in [2.75, 3.05) is 19.6 Å². The number of hydrogen-bond donors (Lipinski definition) is 0. The molecule has 1 aliphatic heterocycles. The van der Waals surface area contributed by atoms with Crippen LogP contribution in [0.15, 0.2) is 28.8 Å². The molecule has 0 radical (unpaired) electrons. The Kier molecular flexibility index (Phi) is 8.58. The summed E-state index contributed by atoms with van der Waals surface area (Å²) in [4.78, 5) is 31.9. The van der Waals surface area contributed by atoms with Crippen molar-refractivity contribution in [3.63, 3.8) is 0 Å². The second-order valence-electron chi connectivity index (χ2n) is 7.48. The number of piperidine rings is 1. The molecule has 10 heteroatoms. The number of nitrogens with zero attached hydrogens (tertiary/aromatic N) is 4. The number of likely N-dealkylation sites (tertiary alicyclic amines) is 1. The molecule has 7 nitrogen and oxygen atoms in total. The van der Waals surface area contributed by atoms with Crippen molar-refractivity contribution in [2.45, 2.75) is 49.9 Å². The Morgan fingerprint density at radius 2 is 2.13 bits per heavy atom. The number of aromatic nitrogens is 2. The van der Waals surface area contributed by atoms with Crippen LogP contribution in [-0.4, -0.2) is 56.2 Å². The second-order valence-corrected chi connectivity index (χ2v) is 9.01. The van der Waals surface area contributed by atoms with Gasteiger partial charge in [0.1, 0.15) is 6.04 Å². The number of alkyl halides is 2. The summed E-state index contributed by atoms with van der Waals surface area (Å²) >= 11 is 17.6. The number of amides is 2. The standard InChI is InChI=1S/C21H25Cl3N4O3/c1-2-3-10-27(21(30)18(23)24)13-17(29)28-11-5-4-9-16(28)20-25-19(26-31-20)14-7-6-8-15(22)12-14/h6-8,12,16,18H,2-5,9-11,13H2,1H3. The van der Waals surface area contributed by atoms with E-state index in [1.54, 1.807) is 17.0 Å². The molecule has 1 fully saturated rings. The maximum atomic E-state index is 13.1. The molecule has 0 saturated carbocycles. The van der Waals surface area contributed by atoms with Gasteiger partial charge in [-0.25, -0.2) is 0 Å². The third-order valence-corrected chi connectivity index (χ3v) is 5.85. The summed E-state index contributed by atoms with van der Waals surface area (Å²) in [6.45, 7) is 2.91. The number of unbranched alkanes of at least 4 members (excludes halogenated alkanes) is 1. The summed E-state index contributed by atoms with van der Waals surface area (Å²) in [6.07, 6.45) is 4.16. The normalized spacial score (nSPS) is 16.5. The highest BCUT2D eigenvalue weighted by molar-refractivity contribution is 6.53. The molecule has 2 amide bonds. The average Bonchev–Trinajstić information content (AvgIpc) is 3.26. The van der Waals surface area contributed by atoms with E-state index in [4.69, 9.17) is 39.3 Å². The monoisotopic (exact) mass is 486 g/mol. The number of rotatable bonds is 8. The molecule has 31 heavy (non-hydrogen) atoms. The fourth-order valence-corrected chi connectivity index (χ4v) is 4.08. The molecule has 1 aromatic carbocycles. The first-order valence-electron chi connectivity index (χ1n) is 10.4. The van der Waals surface area contributed by atoms with Gasteiger partial charge in [-0.3, -0.25) is 9.59 Å². The molecule has 0 bridgehead atoms. The maximum Gasteiger partial charge on any atom is 0.256 e. The minimum atomic E-state index is -1.20. The van der Waals surface area contributed by atoms with Crippen LogP contribution in [0.3, 0.4) is 0 Å². The molecule has 1 atom stereocenters. The summed E-state index contributed by atoms with van der Waals surface area (Å²) in [5, 5.41) is 4.64. The van der Waals surface area contributed by atoms with Crippen LogP contribution in [0.2, 0.25) is 5.02 Å². The largest absolute Gasteiger partial charge is 0.337 e. The van der Waals surface area contributed by atoms with Crippen LogP contribution in [0, 0.1) is 0 Å². The Bertz CT molecular complexity index is 906. The van der Waals surface area contributed by atoms with Crippen molar-refractivity contribution in [2.24, 2.45) is 0 Å². The number of halogens is 3. The van der Waals surface area contributed by atoms with Gasteiger partial charge in [-0.05, 0) is 37.8 Å². The molecule has 3 rings (SSSR count). The van der Waals surface area contributed by atoms with Gasteiger partial charge in [-0.15, -0.1) is 0 Å². The van der Waals surface area contributed by atoms with Crippen molar-refractivity contribution in [1.29, 1.82) is 0 Å². The van der Waals surface area contributed by atoms with Crippen molar-refractivity contribution in [1.82, 2.24) is 19.9 Å². The van der Waals surface area contributed by atoms with Crippen molar-refractivity contribution in [3.8, 4) is 11.4 Å². The first kappa shape index (κ1) is 23.8. The van der Waals surface area contributed by atoms with Crippen LogP contribution in [0.25, 0.3) is 11.4 Å². The van der Waals surface area contributed by atoms with Gasteiger partial charge in [0, 0.05) is 23.7 Å². The Hall–Kier alpha value is -1.83. The molecule has 1 saturated heterocycles. The summed E-state index contributed by atoms with van der Waals surface area (Å²) in [6, 6.07) is 6.84. The van der Waals surface area contributed by atoms with Gasteiger partial charge >= 0.3 is 0 Å². The molecular formula is C21H25Cl3N4O3. The van der Waals surface area contributed by atoms with E-state index in [0.717, 1.165) is 31.2 Å². The minimum Gasteiger partial charge on any atom is -0.337 e. The van der Waals surface area contributed by atoms with E-state index in [1.807, 2.05) is 19.1 Å². The minimum absolute atomic E-state index is 0.0828. The topological polar surface area (TPSA) is 79.5 Å². The zero-order valence-corrected chi connectivity index (χ0v) is 19.5. The summed E-state index contributed by atoms with van der Waals surface area (Å²) < 4.78 is 5.51. The van der Waals surface area contributed by atoms with E-state index in [2.05, 4.69) is 10.1 Å². The van der Waals surface area contributed by atoms with Crippen molar-refractivity contribution >= 4 is 46.6 Å². The lowest BCUT2D eigenvalue weighted by Gasteiger charge is -2.35. The Balaban J connectivity index is 1.77. The van der Waals surface area contributed by atoms with Gasteiger partial charge < -0.3 is 14.3 Å². The Morgan fingerprint density at radius 1 is 1.32 bits per heavy atom. The first-order chi connectivity index (χ1) is 14.9. The summed E-state index contributed by atoms with van der Waals surface area (Å²) in [7, 11) is 0. The number of benzene rings is 1. The smallest absolute Gasteiger partial charge is 0.256 e. The number of carbonyl (C=O) groups is 2. The number of carbonyl (C=O) groups excluding carboxylic acids is 2. The van der Waals surface area contributed by atoms with E-state index in [0.29, 0.717) is 36.2 Å². The van der Waals surface area contributed by atoms with Gasteiger partial charge in [0.15, 0.2) is 4.84 Å². The quantitative estimate of drug-likeness (QED) is 0.496. The summed E-state index contributed by atoms with van der Waals surface area (Å²) in [5.74, 6) is 0.148. The van der Waals surface area contributed by atoms with E-state index in [9.17, 15) is 9.59 Å². The van der Waals surface area contributed by atoms with E-state index < -0.39 is 10.7 Å². The molecular weight excluding hydrogens is 463 g/mol. The average molecular weight is 488 g/mol. The third kappa shape index (κ3) is 6.11. The second kappa shape index (κ2) is 11.2. The molecule has 2 heterocycles. The zero-order valence-electron chi connectivity index (χ0n) is 17.3. The first-order valence-corrected chi connectivity index (χ1v) is 11.6. The van der Waals surface area contributed by atoms with E-state index >= 15 is 0 Å². The third-order valence-electron chi connectivity index (χ3n) is 5.24. The Morgan fingerprint density at radius 3 is 2.84 bits per heavy atom. The lowest BCUT2D eigenvalue weighted by atomic mass is 10.0. The molecule has 0 aliphatic carbocycles. The van der Waals surface area contributed by atoms with Gasteiger partial charge in [0.25, 0.3) is 5.91 Å². The van der Waals surface area contributed by atoms with Crippen LogP contribution in [0.1, 0.15) is 51.0 Å². The zero-order chi connectivity index (χ0) is 22.4. The molecule has 1 unspecified atom stereocenters. The Labute approximate surface area is 196 Å². The van der Waals surface area contributed by atoms with E-state index in [1.165, 1.54) is 4.90 Å². The van der Waals surface area contributed by atoms with Crippen molar-refractivity contribution in [3.05, 3.63) is 35.2 Å². The SMILES string of the molecule is CCCCN(CC(=O)N1CCCCC1c1nc(-c2cccc(Cl)c2)no1)C(=O)C(Cl)Cl. The molecule has 2 aromatic rings. The highest BCUT2D eigenvalue weighted by Crippen LogP contribution is 2.31. The van der Waals surface area contributed by atoms with Gasteiger partial charge in [0.05, 0.1) is 6.54 Å². The highest BCUT2D eigenvalue weighted by atomic mass is 35.5.